The number of aromatic nitrogens is 2. The first-order chi connectivity index (χ1) is 13.3. The van der Waals surface area contributed by atoms with Crippen molar-refractivity contribution in [3.63, 3.8) is 0 Å². The molecule has 0 aliphatic heterocycles. The first-order valence-corrected chi connectivity index (χ1v) is 10.5. The van der Waals surface area contributed by atoms with Crippen molar-refractivity contribution in [1.82, 2.24) is 15.3 Å². The average molecular weight is 425 g/mol. The second-order valence-corrected chi connectivity index (χ2v) is 8.06. The van der Waals surface area contributed by atoms with Gasteiger partial charge in [0.25, 0.3) is 0 Å². The Bertz CT molecular complexity index is 965. The molecular weight excluding hydrogens is 404 g/mol. The van der Waals surface area contributed by atoms with E-state index in [1.807, 2.05) is 0 Å². The molecule has 0 spiro atoms. The third-order valence-corrected chi connectivity index (χ3v) is 4.96. The second kappa shape index (κ2) is 10.0. The number of nitrogens with one attached hydrogen (secondary N) is 4. The van der Waals surface area contributed by atoms with Crippen molar-refractivity contribution in [1.29, 1.82) is 5.41 Å². The van der Waals surface area contributed by atoms with Crippen molar-refractivity contribution in [2.75, 3.05) is 30.0 Å². The number of hydrogen-bond acceptors (Lipinski definition) is 9. The summed E-state index contributed by atoms with van der Waals surface area (Å²) in [7, 11) is -3.36. The fourth-order valence-electron chi connectivity index (χ4n) is 2.23. The molecule has 0 atom stereocenters. The van der Waals surface area contributed by atoms with Gasteiger partial charge in [-0.25, -0.2) is 13.4 Å². The molecule has 0 bridgehead atoms. The lowest BCUT2D eigenvalue weighted by Crippen LogP contribution is -2.15. The zero-order valence-electron chi connectivity index (χ0n) is 15.1. The lowest BCUT2D eigenvalue weighted by Gasteiger charge is -2.12. The maximum Gasteiger partial charge on any atom is 0.229 e. The molecule has 0 radical (unpaired) electrons. The summed E-state index contributed by atoms with van der Waals surface area (Å²) >= 11 is 6.13. The summed E-state index contributed by atoms with van der Waals surface area (Å²) in [5.41, 5.74) is 0.964. The van der Waals surface area contributed by atoms with Gasteiger partial charge in [-0.05, 0) is 11.6 Å². The van der Waals surface area contributed by atoms with Crippen molar-refractivity contribution >= 4 is 39.4 Å². The Labute approximate surface area is 168 Å². The molecule has 0 fully saturated rings. The highest BCUT2D eigenvalue weighted by Gasteiger charge is 2.13. The second-order valence-electron chi connectivity index (χ2n) is 5.67. The Hall–Kier alpha value is -2.69. The number of hydrogen-bond donors (Lipinski definition) is 5. The molecule has 5 N–H and O–H groups in total. The summed E-state index contributed by atoms with van der Waals surface area (Å²) in [4.78, 5) is 8.55. The van der Waals surface area contributed by atoms with Crippen LogP contribution in [0.15, 0.2) is 47.3 Å². The Morgan fingerprint density at radius 1 is 1.36 bits per heavy atom. The molecule has 1 aromatic carbocycles. The number of benzene rings is 1. The van der Waals surface area contributed by atoms with Gasteiger partial charge < -0.3 is 26.5 Å². The van der Waals surface area contributed by atoms with Crippen LogP contribution >= 0.6 is 11.6 Å². The van der Waals surface area contributed by atoms with E-state index in [-0.39, 0.29) is 29.0 Å². The summed E-state index contributed by atoms with van der Waals surface area (Å²) in [5.74, 6) is 0.513. The summed E-state index contributed by atoms with van der Waals surface area (Å²) in [6.45, 7) is 0.500. The van der Waals surface area contributed by atoms with Crippen LogP contribution in [0.5, 0.6) is 0 Å². The van der Waals surface area contributed by atoms with E-state index < -0.39 is 9.84 Å². The molecule has 0 unspecified atom stereocenters. The van der Waals surface area contributed by atoms with Crippen LogP contribution in [-0.2, 0) is 16.4 Å². The molecule has 0 aliphatic carbocycles. The minimum absolute atomic E-state index is 0.0394. The first kappa shape index (κ1) is 21.6. The molecule has 2 rings (SSSR count). The van der Waals surface area contributed by atoms with E-state index in [4.69, 9.17) is 22.1 Å². The molecule has 28 heavy (non-hydrogen) atoms. The topological polar surface area (TPSA) is 140 Å². The Balaban J connectivity index is 2.16. The van der Waals surface area contributed by atoms with E-state index in [1.54, 1.807) is 24.3 Å². The molecule has 0 amide bonds. The number of sulfone groups is 1. The van der Waals surface area contributed by atoms with E-state index in [0.29, 0.717) is 23.6 Å². The summed E-state index contributed by atoms with van der Waals surface area (Å²) in [6.07, 6.45) is 5.13. The van der Waals surface area contributed by atoms with Gasteiger partial charge in [-0.1, -0.05) is 29.8 Å². The summed E-state index contributed by atoms with van der Waals surface area (Å²) in [6, 6.07) is 6.66. The zero-order valence-corrected chi connectivity index (χ0v) is 16.7. The fourth-order valence-corrected chi connectivity index (χ4v) is 3.33. The third kappa shape index (κ3) is 6.19. The number of halogens is 1. The van der Waals surface area contributed by atoms with Gasteiger partial charge in [0.2, 0.25) is 5.95 Å². The average Bonchev–Trinajstić information content (AvgIpc) is 2.67. The number of anilines is 2. The van der Waals surface area contributed by atoms with Crippen molar-refractivity contribution in [3.8, 4) is 0 Å². The predicted molar refractivity (Wildman–Crippen MR) is 109 cm³/mol. The predicted octanol–water partition coefficient (Wildman–Crippen LogP) is 1.63. The van der Waals surface area contributed by atoms with Gasteiger partial charge in [0, 0.05) is 31.8 Å². The molecule has 1 heterocycles. The van der Waals surface area contributed by atoms with Gasteiger partial charge in [0.1, 0.15) is 5.02 Å². The maximum absolute atomic E-state index is 11.9. The van der Waals surface area contributed by atoms with Crippen LogP contribution in [0.2, 0.25) is 5.02 Å². The molecule has 11 heteroatoms. The first-order valence-electron chi connectivity index (χ1n) is 8.21. The molecule has 0 saturated carbocycles. The minimum atomic E-state index is -3.36. The van der Waals surface area contributed by atoms with Crippen molar-refractivity contribution < 1.29 is 13.5 Å². The molecule has 0 aliphatic rings. The van der Waals surface area contributed by atoms with Crippen LogP contribution in [0.25, 0.3) is 0 Å². The highest BCUT2D eigenvalue weighted by atomic mass is 35.5. The Morgan fingerprint density at radius 3 is 2.79 bits per heavy atom. The van der Waals surface area contributed by atoms with Gasteiger partial charge in [0.15, 0.2) is 15.7 Å². The molecule has 9 nitrogen and oxygen atoms in total. The molecule has 150 valence electrons. The molecule has 2 aromatic rings. The van der Waals surface area contributed by atoms with Gasteiger partial charge >= 0.3 is 0 Å². The van der Waals surface area contributed by atoms with E-state index >= 15 is 0 Å². The van der Waals surface area contributed by atoms with E-state index in [9.17, 15) is 8.42 Å². The zero-order chi connectivity index (χ0) is 20.6. The van der Waals surface area contributed by atoms with E-state index in [0.717, 1.165) is 12.5 Å². The Morgan fingerprint density at radius 2 is 2.11 bits per heavy atom. The van der Waals surface area contributed by atoms with E-state index in [1.165, 1.54) is 12.4 Å². The molecule has 1 aromatic heterocycles. The number of allylic oxidation sites excluding steroid dienone is 1. The highest BCUT2D eigenvalue weighted by molar-refractivity contribution is 7.90. The summed E-state index contributed by atoms with van der Waals surface area (Å²) in [5, 5.41) is 25.1. The number of aliphatic hydroxyl groups is 1. The monoisotopic (exact) mass is 424 g/mol. The fraction of sp³-hybridized carbons (Fsp3) is 0.235. The number of nitrogens with zero attached hydrogens (tertiary/aromatic N) is 2. The maximum atomic E-state index is 11.9. The van der Waals surface area contributed by atoms with Gasteiger partial charge in [-0.15, -0.1) is 0 Å². The van der Waals surface area contributed by atoms with Crippen molar-refractivity contribution in [2.24, 2.45) is 0 Å². The molecular formula is C17H21ClN6O3S. The SMILES string of the molecule is CS(=O)(=O)c1ccccc1CNc1nc(N/C(C=N)=C/NCCO)ncc1Cl. The standard InChI is InChI=1S/C17H21ClN6O3S/c1-28(26,27)15-5-3-2-4-12(15)9-21-16-14(18)11-22-17(24-16)23-13(8-19)10-20-6-7-25/h2-5,8,10-11,19-20,25H,6-7,9H2,1H3,(H2,21,22,23,24)/b13-10+,19-8?. The third-order valence-electron chi connectivity index (χ3n) is 3.49. The largest absolute Gasteiger partial charge is 0.395 e. The van der Waals surface area contributed by atoms with Crippen LogP contribution in [0.4, 0.5) is 11.8 Å². The summed E-state index contributed by atoms with van der Waals surface area (Å²) < 4.78 is 23.8. The lowest BCUT2D eigenvalue weighted by molar-refractivity contribution is 0.298. The van der Waals surface area contributed by atoms with E-state index in [2.05, 4.69) is 25.9 Å². The van der Waals surface area contributed by atoms with Crippen LogP contribution in [0.1, 0.15) is 5.56 Å². The minimum Gasteiger partial charge on any atom is -0.395 e. The van der Waals surface area contributed by atoms with Gasteiger partial charge in [0.05, 0.1) is 23.4 Å². The Kier molecular flexibility index (Phi) is 7.73. The lowest BCUT2D eigenvalue weighted by atomic mass is 10.2. The number of rotatable bonds is 10. The smallest absolute Gasteiger partial charge is 0.229 e. The van der Waals surface area contributed by atoms with Crippen LogP contribution in [0.3, 0.4) is 0 Å². The normalized spacial score (nSPS) is 11.8. The molecule has 0 saturated heterocycles. The van der Waals surface area contributed by atoms with Crippen molar-refractivity contribution in [3.05, 3.63) is 52.9 Å². The van der Waals surface area contributed by atoms with Crippen LogP contribution < -0.4 is 16.0 Å². The highest BCUT2D eigenvalue weighted by Crippen LogP contribution is 2.22. The number of aliphatic hydroxyl groups excluding tert-OH is 1. The van der Waals surface area contributed by atoms with Crippen LogP contribution in [-0.4, -0.2) is 49.1 Å². The van der Waals surface area contributed by atoms with Gasteiger partial charge in [-0.2, -0.15) is 4.98 Å². The van der Waals surface area contributed by atoms with Crippen molar-refractivity contribution in [2.45, 2.75) is 11.4 Å². The quantitative estimate of drug-likeness (QED) is 0.286. The van der Waals surface area contributed by atoms with Gasteiger partial charge in [-0.3, -0.25) is 0 Å². The van der Waals surface area contributed by atoms with Crippen LogP contribution in [0, 0.1) is 5.41 Å².